The number of aliphatic hydroxyl groups excluding tert-OH is 1. The van der Waals surface area contributed by atoms with Crippen LogP contribution in [0.5, 0.6) is 0 Å². The molecular weight excluding hydrogens is 190 g/mol. The lowest BCUT2D eigenvalue weighted by Gasteiger charge is -2.03. The molecule has 0 saturated heterocycles. The summed E-state index contributed by atoms with van der Waals surface area (Å²) in [6, 6.07) is 0. The van der Waals surface area contributed by atoms with Crippen molar-refractivity contribution < 1.29 is 5.11 Å². The van der Waals surface area contributed by atoms with Crippen LogP contribution in [0.4, 0.5) is 0 Å². The Morgan fingerprint density at radius 2 is 1.73 bits per heavy atom. The first-order valence-electron chi connectivity index (χ1n) is 5.33. The maximum Gasteiger partial charge on any atom is 0.158 e. The molecule has 4 nitrogen and oxygen atoms in total. The van der Waals surface area contributed by atoms with E-state index in [1.54, 1.807) is 0 Å². The molecule has 1 fully saturated rings. The van der Waals surface area contributed by atoms with Crippen molar-refractivity contribution in [2.75, 3.05) is 0 Å². The van der Waals surface area contributed by atoms with Crippen LogP contribution >= 0.6 is 0 Å². The summed E-state index contributed by atoms with van der Waals surface area (Å²) in [4.78, 5) is 0. The Labute approximate surface area is 90.3 Å². The van der Waals surface area contributed by atoms with Crippen molar-refractivity contribution in [3.05, 3.63) is 11.6 Å². The Morgan fingerprint density at radius 3 is 2.07 bits per heavy atom. The topological polar surface area (TPSA) is 50.9 Å². The number of hydrogen-bond acceptors (Lipinski definition) is 3. The lowest BCUT2D eigenvalue weighted by Crippen LogP contribution is -2.03. The average molecular weight is 209 g/mol. The van der Waals surface area contributed by atoms with Crippen LogP contribution in [0.2, 0.25) is 0 Å². The summed E-state index contributed by atoms with van der Waals surface area (Å²) in [5.74, 6) is 2.07. The van der Waals surface area contributed by atoms with Gasteiger partial charge in [-0.3, -0.25) is 0 Å². The molecule has 1 aliphatic rings. The van der Waals surface area contributed by atoms with E-state index in [1.165, 1.54) is 0 Å². The van der Waals surface area contributed by atoms with Gasteiger partial charge in [-0.2, -0.15) is 0 Å². The van der Waals surface area contributed by atoms with Crippen LogP contribution in [0.25, 0.3) is 0 Å². The second kappa shape index (κ2) is 2.82. The van der Waals surface area contributed by atoms with Crippen molar-refractivity contribution in [2.24, 2.45) is 17.9 Å². The predicted octanol–water partition coefficient (Wildman–Crippen LogP) is 1.46. The molecule has 1 heterocycles. The molecule has 0 atom stereocenters. The van der Waals surface area contributed by atoms with E-state index in [2.05, 4.69) is 37.9 Å². The van der Waals surface area contributed by atoms with Crippen LogP contribution in [0, 0.1) is 10.8 Å². The zero-order valence-electron chi connectivity index (χ0n) is 10.1. The zero-order chi connectivity index (χ0) is 11.4. The van der Waals surface area contributed by atoms with E-state index in [4.69, 9.17) is 5.11 Å². The van der Waals surface area contributed by atoms with E-state index in [1.807, 2.05) is 11.6 Å². The van der Waals surface area contributed by atoms with Gasteiger partial charge in [-0.05, 0) is 10.8 Å². The third-order valence-corrected chi connectivity index (χ3v) is 4.42. The molecule has 0 unspecified atom stereocenters. The van der Waals surface area contributed by atoms with Crippen molar-refractivity contribution in [3.8, 4) is 0 Å². The maximum absolute atomic E-state index is 9.07. The normalized spacial score (nSPS) is 23.1. The molecule has 15 heavy (non-hydrogen) atoms. The molecule has 0 bridgehead atoms. The average Bonchev–Trinajstić information content (AvgIpc) is 2.45. The molecule has 1 aromatic rings. The van der Waals surface area contributed by atoms with Gasteiger partial charge in [0.05, 0.1) is 0 Å². The van der Waals surface area contributed by atoms with Crippen molar-refractivity contribution in [1.82, 2.24) is 14.8 Å². The molecule has 2 rings (SSSR count). The van der Waals surface area contributed by atoms with Gasteiger partial charge in [0.15, 0.2) is 5.82 Å². The highest BCUT2D eigenvalue weighted by Gasteiger charge is 2.67. The highest BCUT2D eigenvalue weighted by Crippen LogP contribution is 2.73. The van der Waals surface area contributed by atoms with E-state index in [-0.39, 0.29) is 17.4 Å². The van der Waals surface area contributed by atoms with E-state index in [9.17, 15) is 0 Å². The Balaban J connectivity index is 2.38. The molecule has 1 aromatic heterocycles. The number of aromatic nitrogens is 3. The fourth-order valence-electron chi connectivity index (χ4n) is 2.61. The van der Waals surface area contributed by atoms with Crippen LogP contribution in [0.1, 0.15) is 45.3 Å². The quantitative estimate of drug-likeness (QED) is 0.802. The van der Waals surface area contributed by atoms with Crippen LogP contribution in [-0.4, -0.2) is 19.9 Å². The molecule has 0 aromatic carbocycles. The Bertz CT molecular complexity index is 379. The predicted molar refractivity (Wildman–Crippen MR) is 57.2 cm³/mol. The van der Waals surface area contributed by atoms with Gasteiger partial charge in [0, 0.05) is 13.0 Å². The Morgan fingerprint density at radius 1 is 1.20 bits per heavy atom. The van der Waals surface area contributed by atoms with Crippen molar-refractivity contribution in [1.29, 1.82) is 0 Å². The summed E-state index contributed by atoms with van der Waals surface area (Å²) in [5, 5.41) is 17.3. The number of rotatable bonds is 2. The van der Waals surface area contributed by atoms with Crippen molar-refractivity contribution in [2.45, 2.75) is 40.2 Å². The Kier molecular flexibility index (Phi) is 1.99. The highest BCUT2D eigenvalue weighted by atomic mass is 16.3. The SMILES string of the molecule is Cn1c(CO)nnc1C1C(C)(C)C1(C)C. The molecule has 0 spiro atoms. The summed E-state index contributed by atoms with van der Waals surface area (Å²) in [7, 11) is 1.92. The van der Waals surface area contributed by atoms with Gasteiger partial charge in [-0.25, -0.2) is 0 Å². The summed E-state index contributed by atoms with van der Waals surface area (Å²) in [6.45, 7) is 8.98. The smallest absolute Gasteiger partial charge is 0.158 e. The minimum atomic E-state index is -0.0446. The van der Waals surface area contributed by atoms with Gasteiger partial charge in [0.25, 0.3) is 0 Å². The fourth-order valence-corrected chi connectivity index (χ4v) is 2.61. The summed E-state index contributed by atoms with van der Waals surface area (Å²) < 4.78 is 1.92. The zero-order valence-corrected chi connectivity index (χ0v) is 10.1. The Hall–Kier alpha value is -0.900. The monoisotopic (exact) mass is 209 g/mol. The van der Waals surface area contributed by atoms with Gasteiger partial charge < -0.3 is 9.67 Å². The van der Waals surface area contributed by atoms with Gasteiger partial charge in [-0.15, -0.1) is 10.2 Å². The summed E-state index contributed by atoms with van der Waals surface area (Å²) in [6.07, 6.45) is 0. The molecule has 0 radical (unpaired) electrons. The van der Waals surface area contributed by atoms with Gasteiger partial charge in [0.2, 0.25) is 0 Å². The van der Waals surface area contributed by atoms with E-state index < -0.39 is 0 Å². The van der Waals surface area contributed by atoms with Crippen LogP contribution < -0.4 is 0 Å². The molecule has 1 N–H and O–H groups in total. The van der Waals surface area contributed by atoms with E-state index in [0.717, 1.165) is 5.82 Å². The number of aliphatic hydroxyl groups is 1. The number of nitrogens with zero attached hydrogens (tertiary/aromatic N) is 3. The molecule has 0 amide bonds. The summed E-state index contributed by atoms with van der Waals surface area (Å²) >= 11 is 0. The third-order valence-electron chi connectivity index (χ3n) is 4.42. The van der Waals surface area contributed by atoms with E-state index in [0.29, 0.717) is 11.7 Å². The van der Waals surface area contributed by atoms with Gasteiger partial charge in [0.1, 0.15) is 12.4 Å². The maximum atomic E-state index is 9.07. The molecule has 1 aliphatic carbocycles. The number of hydrogen-bond donors (Lipinski definition) is 1. The lowest BCUT2D eigenvalue weighted by molar-refractivity contribution is 0.266. The second-order valence-electron chi connectivity index (χ2n) is 5.57. The van der Waals surface area contributed by atoms with Gasteiger partial charge >= 0.3 is 0 Å². The van der Waals surface area contributed by atoms with E-state index >= 15 is 0 Å². The molecule has 84 valence electrons. The third kappa shape index (κ3) is 1.17. The molecule has 0 aliphatic heterocycles. The molecule has 4 heteroatoms. The minimum Gasteiger partial charge on any atom is -0.388 e. The van der Waals surface area contributed by atoms with Crippen LogP contribution in [0.15, 0.2) is 0 Å². The van der Waals surface area contributed by atoms with Crippen molar-refractivity contribution in [3.63, 3.8) is 0 Å². The first-order chi connectivity index (χ1) is 6.84. The van der Waals surface area contributed by atoms with Crippen LogP contribution in [-0.2, 0) is 13.7 Å². The highest BCUT2D eigenvalue weighted by molar-refractivity contribution is 5.27. The minimum absolute atomic E-state index is 0.0446. The van der Waals surface area contributed by atoms with Crippen LogP contribution in [0.3, 0.4) is 0 Å². The first kappa shape index (κ1) is 10.6. The fraction of sp³-hybridized carbons (Fsp3) is 0.818. The molecular formula is C11H19N3O. The first-order valence-corrected chi connectivity index (χ1v) is 5.33. The van der Waals surface area contributed by atoms with Crippen molar-refractivity contribution >= 4 is 0 Å². The molecule has 1 saturated carbocycles. The standard InChI is InChI=1S/C11H19N3O/c1-10(2)8(11(10,3)4)9-13-12-7(6-15)14(9)5/h8,15H,6H2,1-5H3. The second-order valence-corrected chi connectivity index (χ2v) is 5.57. The van der Waals surface area contributed by atoms with Gasteiger partial charge in [-0.1, -0.05) is 27.7 Å². The largest absolute Gasteiger partial charge is 0.388 e. The lowest BCUT2D eigenvalue weighted by atomic mass is 10.0. The summed E-state index contributed by atoms with van der Waals surface area (Å²) in [5.41, 5.74) is 0.529.